The van der Waals surface area contributed by atoms with Gasteiger partial charge >= 0.3 is 0 Å². The van der Waals surface area contributed by atoms with E-state index in [1.165, 1.54) is 44.1 Å². The van der Waals surface area contributed by atoms with E-state index in [1.54, 1.807) is 0 Å². The van der Waals surface area contributed by atoms with Gasteiger partial charge in [0.2, 0.25) is 5.75 Å². The average molecular weight is 535 g/mol. The normalized spacial score (nSPS) is 11.2. The summed E-state index contributed by atoms with van der Waals surface area (Å²) in [5.74, 6) is 0.985. The minimum Gasteiger partial charge on any atom is -0.489 e. The van der Waals surface area contributed by atoms with Gasteiger partial charge in [0, 0.05) is 24.2 Å². The minimum absolute atomic E-state index is 0.0711. The van der Waals surface area contributed by atoms with Gasteiger partial charge in [0.05, 0.1) is 18.7 Å². The van der Waals surface area contributed by atoms with E-state index in [-0.39, 0.29) is 5.56 Å². The molecule has 0 aliphatic heterocycles. The zero-order valence-corrected chi connectivity index (χ0v) is 24.6. The van der Waals surface area contributed by atoms with E-state index >= 15 is 0 Å². The SMILES string of the molecule is CCCCCCCCn1c(=O)c(OCCCCCC)c(OCCCC)c2ccc(NCc3ccccc3)cc21. The van der Waals surface area contributed by atoms with E-state index in [2.05, 4.69) is 68.6 Å². The fourth-order valence-corrected chi connectivity index (χ4v) is 4.87. The van der Waals surface area contributed by atoms with Crippen molar-refractivity contribution >= 4 is 16.6 Å². The number of fused-ring (bicyclic) bond motifs is 1. The number of nitrogens with zero attached hydrogens (tertiary/aromatic N) is 1. The van der Waals surface area contributed by atoms with Gasteiger partial charge < -0.3 is 19.4 Å². The first-order chi connectivity index (χ1) is 19.2. The number of ether oxygens (including phenoxy) is 2. The van der Waals surface area contributed by atoms with Crippen molar-refractivity contribution in [3.05, 3.63) is 64.4 Å². The van der Waals surface area contributed by atoms with E-state index in [4.69, 9.17) is 9.47 Å². The Morgan fingerprint density at radius 1 is 0.692 bits per heavy atom. The zero-order valence-electron chi connectivity index (χ0n) is 24.6. The maximum absolute atomic E-state index is 14.0. The molecule has 3 rings (SSSR count). The van der Waals surface area contributed by atoms with Crippen molar-refractivity contribution in [2.75, 3.05) is 18.5 Å². The molecular formula is C34H50N2O3. The van der Waals surface area contributed by atoms with E-state index in [0.29, 0.717) is 31.3 Å². The molecule has 0 bridgehead atoms. The van der Waals surface area contributed by atoms with Gasteiger partial charge in [-0.05, 0) is 43.0 Å². The highest BCUT2D eigenvalue weighted by atomic mass is 16.5. The number of hydrogen-bond acceptors (Lipinski definition) is 4. The summed E-state index contributed by atoms with van der Waals surface area (Å²) in [4.78, 5) is 14.0. The van der Waals surface area contributed by atoms with Crippen LogP contribution in [0.3, 0.4) is 0 Å². The third-order valence-electron chi connectivity index (χ3n) is 7.24. The van der Waals surface area contributed by atoms with Crippen LogP contribution in [0, 0.1) is 0 Å². The Labute approximate surface area is 235 Å². The van der Waals surface area contributed by atoms with Gasteiger partial charge in [-0.25, -0.2) is 0 Å². The maximum Gasteiger partial charge on any atom is 0.297 e. The fourth-order valence-electron chi connectivity index (χ4n) is 4.87. The predicted molar refractivity (Wildman–Crippen MR) is 165 cm³/mol. The monoisotopic (exact) mass is 534 g/mol. The molecule has 0 unspecified atom stereocenters. The topological polar surface area (TPSA) is 52.5 Å². The second-order valence-corrected chi connectivity index (χ2v) is 10.6. The van der Waals surface area contributed by atoms with Gasteiger partial charge in [0.15, 0.2) is 5.75 Å². The molecule has 5 nitrogen and oxygen atoms in total. The van der Waals surface area contributed by atoms with E-state index < -0.39 is 0 Å². The summed E-state index contributed by atoms with van der Waals surface area (Å²) < 4.78 is 14.4. The van der Waals surface area contributed by atoms with Crippen LogP contribution in [0.2, 0.25) is 0 Å². The van der Waals surface area contributed by atoms with E-state index in [9.17, 15) is 4.79 Å². The molecule has 0 saturated heterocycles. The molecule has 0 amide bonds. The number of rotatable bonds is 20. The summed E-state index contributed by atoms with van der Waals surface area (Å²) in [6.07, 6.45) is 13.5. The smallest absolute Gasteiger partial charge is 0.297 e. The first-order valence-electron chi connectivity index (χ1n) is 15.4. The molecular weight excluding hydrogens is 484 g/mol. The number of pyridine rings is 1. The fraction of sp³-hybridized carbons (Fsp3) is 0.559. The lowest BCUT2D eigenvalue weighted by Gasteiger charge is -2.20. The molecule has 214 valence electrons. The maximum atomic E-state index is 14.0. The first kappa shape index (κ1) is 30.6. The number of unbranched alkanes of at least 4 members (excludes halogenated alkanes) is 9. The molecule has 1 aromatic heterocycles. The van der Waals surface area contributed by atoms with Crippen LogP contribution < -0.4 is 20.3 Å². The van der Waals surface area contributed by atoms with Crippen LogP contribution >= 0.6 is 0 Å². The highest BCUT2D eigenvalue weighted by molar-refractivity contribution is 5.90. The number of aromatic nitrogens is 1. The second kappa shape index (κ2) is 17.6. The Kier molecular flexibility index (Phi) is 13.8. The van der Waals surface area contributed by atoms with Crippen LogP contribution in [-0.4, -0.2) is 17.8 Å². The number of benzene rings is 2. The van der Waals surface area contributed by atoms with Gasteiger partial charge in [-0.2, -0.15) is 0 Å². The lowest BCUT2D eigenvalue weighted by Crippen LogP contribution is -2.24. The largest absolute Gasteiger partial charge is 0.489 e. The summed E-state index contributed by atoms with van der Waals surface area (Å²) in [5.41, 5.74) is 3.06. The number of anilines is 1. The number of nitrogens with one attached hydrogen (secondary N) is 1. The van der Waals surface area contributed by atoms with Crippen LogP contribution in [0.5, 0.6) is 11.5 Å². The standard InChI is InChI=1S/C34H50N2O3/c1-4-7-10-12-13-17-23-36-31-26-29(35-27-28-19-15-14-16-20-28)21-22-30(31)32(38-24-9-6-3)33(34(36)37)39-25-18-11-8-5-2/h14-16,19-22,26,35H,4-13,17-18,23-25,27H2,1-3H3. The summed E-state index contributed by atoms with van der Waals surface area (Å²) >= 11 is 0. The molecule has 5 heteroatoms. The van der Waals surface area contributed by atoms with Crippen molar-refractivity contribution in [1.29, 1.82) is 0 Å². The molecule has 0 fully saturated rings. The van der Waals surface area contributed by atoms with Crippen molar-refractivity contribution in [3.63, 3.8) is 0 Å². The minimum atomic E-state index is -0.0711. The Bertz CT molecular complexity index is 1160. The van der Waals surface area contributed by atoms with Crippen LogP contribution in [0.4, 0.5) is 5.69 Å². The van der Waals surface area contributed by atoms with Gasteiger partial charge in [-0.1, -0.05) is 109 Å². The molecule has 0 radical (unpaired) electrons. The highest BCUT2D eigenvalue weighted by Crippen LogP contribution is 2.35. The second-order valence-electron chi connectivity index (χ2n) is 10.6. The zero-order chi connectivity index (χ0) is 27.7. The van der Waals surface area contributed by atoms with E-state index in [1.807, 2.05) is 10.6 Å². The Morgan fingerprint density at radius 3 is 2.08 bits per heavy atom. The quantitative estimate of drug-likeness (QED) is 0.147. The van der Waals surface area contributed by atoms with Crippen molar-refractivity contribution in [3.8, 4) is 11.5 Å². The molecule has 0 atom stereocenters. The Morgan fingerprint density at radius 2 is 1.33 bits per heavy atom. The summed E-state index contributed by atoms with van der Waals surface area (Å²) in [6, 6.07) is 16.7. The molecule has 1 heterocycles. The third kappa shape index (κ3) is 9.63. The average Bonchev–Trinajstić information content (AvgIpc) is 2.96. The van der Waals surface area contributed by atoms with Gasteiger partial charge in [-0.15, -0.1) is 0 Å². The molecule has 0 aliphatic carbocycles. The van der Waals surface area contributed by atoms with Crippen molar-refractivity contribution < 1.29 is 9.47 Å². The molecule has 0 saturated carbocycles. The van der Waals surface area contributed by atoms with Crippen molar-refractivity contribution in [1.82, 2.24) is 4.57 Å². The van der Waals surface area contributed by atoms with Crippen LogP contribution in [0.25, 0.3) is 10.9 Å². The summed E-state index contributed by atoms with van der Waals surface area (Å²) in [5, 5.41) is 4.49. The Balaban J connectivity index is 1.94. The molecule has 3 aromatic rings. The van der Waals surface area contributed by atoms with Crippen LogP contribution in [0.15, 0.2) is 53.3 Å². The molecule has 0 spiro atoms. The lowest BCUT2D eigenvalue weighted by molar-refractivity contribution is 0.258. The third-order valence-corrected chi connectivity index (χ3v) is 7.24. The van der Waals surface area contributed by atoms with Gasteiger partial charge in [0.25, 0.3) is 5.56 Å². The van der Waals surface area contributed by atoms with E-state index in [0.717, 1.165) is 61.7 Å². The van der Waals surface area contributed by atoms with Crippen molar-refractivity contribution in [2.45, 2.75) is 111 Å². The predicted octanol–water partition coefficient (Wildman–Crippen LogP) is 9.11. The highest BCUT2D eigenvalue weighted by Gasteiger charge is 2.20. The van der Waals surface area contributed by atoms with Crippen LogP contribution in [0.1, 0.15) is 103 Å². The van der Waals surface area contributed by atoms with Gasteiger partial charge in [0.1, 0.15) is 0 Å². The molecule has 0 aliphatic rings. The van der Waals surface area contributed by atoms with Crippen molar-refractivity contribution in [2.24, 2.45) is 0 Å². The van der Waals surface area contributed by atoms with Crippen LogP contribution in [-0.2, 0) is 13.1 Å². The first-order valence-corrected chi connectivity index (χ1v) is 15.4. The summed E-state index contributed by atoms with van der Waals surface area (Å²) in [7, 11) is 0. The lowest BCUT2D eigenvalue weighted by atomic mass is 10.1. The molecule has 1 N–H and O–H groups in total. The number of hydrogen-bond donors (Lipinski definition) is 1. The van der Waals surface area contributed by atoms with Gasteiger partial charge in [-0.3, -0.25) is 4.79 Å². The summed E-state index contributed by atoms with van der Waals surface area (Å²) in [6.45, 7) is 9.12. The Hall–Kier alpha value is -2.95. The number of aryl methyl sites for hydroxylation is 1. The molecule has 39 heavy (non-hydrogen) atoms. The molecule has 2 aromatic carbocycles.